The van der Waals surface area contributed by atoms with Crippen molar-refractivity contribution in [2.24, 2.45) is 0 Å². The van der Waals surface area contributed by atoms with Crippen LogP contribution in [0.1, 0.15) is 28.6 Å². The first-order chi connectivity index (χ1) is 14.6. The molecule has 132 valence electrons. The van der Waals surface area contributed by atoms with Gasteiger partial charge < -0.3 is 0 Å². The van der Waals surface area contributed by atoms with Gasteiger partial charge in [0.15, 0.2) is 34.4 Å². The van der Waals surface area contributed by atoms with Gasteiger partial charge in [-0.15, -0.1) is 4.57 Å². The summed E-state index contributed by atoms with van der Waals surface area (Å²) in [4.78, 5) is 20.7. The van der Waals surface area contributed by atoms with Gasteiger partial charge in [0.1, 0.15) is 46.3 Å². The average molecular weight is 385 g/mol. The number of hydrogen-bond acceptors (Lipinski definition) is 11. The van der Waals surface area contributed by atoms with Crippen molar-refractivity contribution in [2.75, 3.05) is 0 Å². The van der Waals surface area contributed by atoms with E-state index in [-0.39, 0.29) is 61.6 Å². The van der Waals surface area contributed by atoms with E-state index in [0.717, 1.165) is 4.57 Å². The van der Waals surface area contributed by atoms with E-state index in [2.05, 4.69) is 24.9 Å². The van der Waals surface area contributed by atoms with Gasteiger partial charge in [-0.3, -0.25) is 0 Å². The fourth-order valence-electron chi connectivity index (χ4n) is 2.85. The van der Waals surface area contributed by atoms with E-state index in [1.807, 2.05) is 0 Å². The first-order valence-electron chi connectivity index (χ1n) is 7.82. The van der Waals surface area contributed by atoms with Crippen LogP contribution in [-0.4, -0.2) is 24.9 Å². The van der Waals surface area contributed by atoms with Crippen LogP contribution in [0.15, 0.2) is 6.20 Å². The lowest BCUT2D eigenvalue weighted by atomic mass is 10.1. The highest BCUT2D eigenvalue weighted by molar-refractivity contribution is 6.19. The third kappa shape index (κ3) is 2.27. The fraction of sp³-hybridized carbons (Fsp3) is 0. The zero-order valence-corrected chi connectivity index (χ0v) is 14.4. The van der Waals surface area contributed by atoms with Gasteiger partial charge in [-0.25, -0.2) is 19.9 Å². The SMILES string of the molecule is N#Cc1nc2c3c[n+](C#N)c(C#N)nc3c3nc(C#N)c(C#N)nc3c2nc1C#N. The molecule has 0 unspecified atom stereocenters. The standard InChI is InChI=1S/C18HN12/c19-1-9-10(2-20)26-16-14(25-9)8-6-30(7-24)13(5-23)29-15(8)17-18(16)28-12(4-22)11(3-21)27-17/h6H/q+1. The molecule has 0 saturated carbocycles. The van der Waals surface area contributed by atoms with Crippen molar-refractivity contribution >= 4 is 33.0 Å². The lowest BCUT2D eigenvalue weighted by Crippen LogP contribution is -2.33. The Bertz CT molecular complexity index is 1350. The molecule has 1 aromatic carbocycles. The second kappa shape index (κ2) is 6.41. The van der Waals surface area contributed by atoms with Gasteiger partial charge in [-0.2, -0.15) is 26.3 Å². The van der Waals surface area contributed by atoms with Crippen LogP contribution in [-0.2, 0) is 0 Å². The van der Waals surface area contributed by atoms with Gasteiger partial charge >= 0.3 is 12.0 Å². The predicted octanol–water partition coefficient (Wildman–Crippen LogP) is 0.0963. The molecule has 3 aromatic heterocycles. The quantitative estimate of drug-likeness (QED) is 0.292. The van der Waals surface area contributed by atoms with Crippen LogP contribution >= 0.6 is 0 Å². The first kappa shape index (κ1) is 17.6. The summed E-state index contributed by atoms with van der Waals surface area (Å²) in [6.07, 6.45) is 3.04. The minimum atomic E-state index is -0.279. The summed E-state index contributed by atoms with van der Waals surface area (Å²) in [6.45, 7) is 0. The maximum absolute atomic E-state index is 9.31. The number of hydrogen-bond donors (Lipinski definition) is 0. The van der Waals surface area contributed by atoms with Crippen LogP contribution in [0.5, 0.6) is 0 Å². The number of fused-ring (bicyclic) bond motifs is 6. The molecule has 30 heavy (non-hydrogen) atoms. The Morgan fingerprint density at radius 3 is 1.33 bits per heavy atom. The van der Waals surface area contributed by atoms with Crippen molar-refractivity contribution in [2.45, 2.75) is 0 Å². The van der Waals surface area contributed by atoms with Crippen molar-refractivity contribution in [3.05, 3.63) is 34.8 Å². The van der Waals surface area contributed by atoms with E-state index in [4.69, 9.17) is 0 Å². The van der Waals surface area contributed by atoms with Crippen LogP contribution < -0.4 is 4.57 Å². The average Bonchev–Trinajstić information content (AvgIpc) is 2.81. The van der Waals surface area contributed by atoms with Crippen molar-refractivity contribution in [1.29, 1.82) is 31.6 Å². The summed E-state index contributed by atoms with van der Waals surface area (Å²) in [6, 6.07) is 8.84. The molecule has 0 amide bonds. The molecule has 0 aliphatic carbocycles. The summed E-state index contributed by atoms with van der Waals surface area (Å²) in [5.74, 6) is -0.266. The maximum atomic E-state index is 9.31. The maximum Gasteiger partial charge on any atom is 0.376 e. The molecule has 0 N–H and O–H groups in total. The van der Waals surface area contributed by atoms with E-state index >= 15 is 0 Å². The van der Waals surface area contributed by atoms with Gasteiger partial charge in [-0.1, -0.05) is 4.98 Å². The third-order valence-corrected chi connectivity index (χ3v) is 4.09. The molecular weight excluding hydrogens is 384 g/mol. The summed E-state index contributed by atoms with van der Waals surface area (Å²) in [7, 11) is 0. The van der Waals surface area contributed by atoms with Crippen LogP contribution in [0.25, 0.3) is 33.0 Å². The summed E-state index contributed by atoms with van der Waals surface area (Å²) >= 11 is 0. The van der Waals surface area contributed by atoms with E-state index in [0.29, 0.717) is 0 Å². The largest absolute Gasteiger partial charge is 0.376 e. The molecule has 12 heteroatoms. The van der Waals surface area contributed by atoms with E-state index < -0.39 is 0 Å². The number of nitrogens with zero attached hydrogens (tertiary/aromatic N) is 12. The normalized spacial score (nSPS) is 9.80. The first-order valence-corrected chi connectivity index (χ1v) is 7.82. The minimum absolute atomic E-state index is 0.00707. The summed E-state index contributed by atoms with van der Waals surface area (Å²) in [5, 5.41) is 56.0. The molecule has 0 bridgehead atoms. The highest BCUT2D eigenvalue weighted by atomic mass is 15.0. The number of nitriles is 6. The van der Waals surface area contributed by atoms with Crippen LogP contribution in [0.2, 0.25) is 0 Å². The summed E-state index contributed by atoms with van der Waals surface area (Å²) < 4.78 is 0.891. The number of rotatable bonds is 0. The Morgan fingerprint density at radius 2 is 0.933 bits per heavy atom. The van der Waals surface area contributed by atoms with Crippen molar-refractivity contribution in [1.82, 2.24) is 24.9 Å². The molecule has 0 atom stereocenters. The van der Waals surface area contributed by atoms with E-state index in [9.17, 15) is 31.6 Å². The molecular formula is C18HN12+. The molecule has 0 saturated heterocycles. The molecule has 12 nitrogen and oxygen atoms in total. The Labute approximate surface area is 166 Å². The zero-order valence-electron chi connectivity index (χ0n) is 14.4. The molecule has 4 aromatic rings. The van der Waals surface area contributed by atoms with Gasteiger partial charge in [0.25, 0.3) is 0 Å². The fourth-order valence-corrected chi connectivity index (χ4v) is 2.85. The number of benzene rings is 1. The van der Waals surface area contributed by atoms with Crippen LogP contribution in [0.3, 0.4) is 0 Å². The highest BCUT2D eigenvalue weighted by Crippen LogP contribution is 2.30. The van der Waals surface area contributed by atoms with Gasteiger partial charge in [0, 0.05) is 5.26 Å². The van der Waals surface area contributed by atoms with E-state index in [1.54, 1.807) is 36.5 Å². The highest BCUT2D eigenvalue weighted by Gasteiger charge is 2.24. The zero-order chi connectivity index (χ0) is 21.4. The minimum Gasteiger partial charge on any atom is -0.231 e. The Hall–Kier alpha value is -5.82. The topological polar surface area (TPSA) is 211 Å². The molecule has 0 aliphatic rings. The van der Waals surface area contributed by atoms with Crippen molar-refractivity contribution < 1.29 is 4.57 Å². The molecule has 3 heterocycles. The Balaban J connectivity index is 2.42. The second-order valence-corrected chi connectivity index (χ2v) is 5.59. The van der Waals surface area contributed by atoms with E-state index in [1.165, 1.54) is 6.20 Å². The molecule has 0 aliphatic heterocycles. The smallest absolute Gasteiger partial charge is 0.231 e. The number of aromatic nitrogens is 6. The molecule has 0 radical (unpaired) electrons. The van der Waals surface area contributed by atoms with Crippen molar-refractivity contribution in [3.8, 4) is 36.5 Å². The van der Waals surface area contributed by atoms with Crippen LogP contribution in [0, 0.1) is 68.1 Å². The Kier molecular flexibility index (Phi) is 3.76. The lowest BCUT2D eigenvalue weighted by Gasteiger charge is -2.07. The molecule has 0 fully saturated rings. The lowest BCUT2D eigenvalue weighted by molar-refractivity contribution is -0.591. The molecule has 0 spiro atoms. The second-order valence-electron chi connectivity index (χ2n) is 5.59. The Morgan fingerprint density at radius 1 is 0.533 bits per heavy atom. The van der Waals surface area contributed by atoms with Crippen molar-refractivity contribution in [3.63, 3.8) is 0 Å². The monoisotopic (exact) mass is 385 g/mol. The third-order valence-electron chi connectivity index (χ3n) is 4.09. The van der Waals surface area contributed by atoms with Gasteiger partial charge in [0.05, 0.1) is 11.6 Å². The summed E-state index contributed by atoms with van der Waals surface area (Å²) in [5.41, 5.74) is -0.897. The molecule has 4 rings (SSSR count). The van der Waals surface area contributed by atoms with Gasteiger partial charge in [-0.05, 0) is 0 Å². The van der Waals surface area contributed by atoms with Crippen LogP contribution in [0.4, 0.5) is 0 Å². The van der Waals surface area contributed by atoms with Gasteiger partial charge in [0.2, 0.25) is 0 Å². The predicted molar refractivity (Wildman–Crippen MR) is 92.7 cm³/mol.